The van der Waals surface area contributed by atoms with E-state index in [9.17, 15) is 19.8 Å². The molecule has 0 fully saturated rings. The van der Waals surface area contributed by atoms with Gasteiger partial charge in [-0.05, 0) is 32.1 Å². The van der Waals surface area contributed by atoms with Gasteiger partial charge in [-0.15, -0.1) is 0 Å². The number of hydrogen-bond acceptors (Lipinski definition) is 5. The second-order valence-electron chi connectivity index (χ2n) is 23.2. The first-order valence-electron chi connectivity index (χ1n) is 33.5. The molecule has 2 unspecified atom stereocenters. The van der Waals surface area contributed by atoms with Crippen LogP contribution in [0.2, 0.25) is 0 Å². The Balaban J connectivity index is 3.33. The van der Waals surface area contributed by atoms with Crippen molar-refractivity contribution in [2.24, 2.45) is 0 Å². The van der Waals surface area contributed by atoms with Crippen LogP contribution in [-0.2, 0) is 14.3 Å². The van der Waals surface area contributed by atoms with Crippen LogP contribution in [-0.4, -0.2) is 47.4 Å². The Labute approximate surface area is 457 Å². The molecule has 0 saturated carbocycles. The third-order valence-corrected chi connectivity index (χ3v) is 15.8. The van der Waals surface area contributed by atoms with Crippen LogP contribution in [0.25, 0.3) is 0 Å². The first-order valence-corrected chi connectivity index (χ1v) is 33.5. The van der Waals surface area contributed by atoms with E-state index in [4.69, 9.17) is 4.74 Å². The van der Waals surface area contributed by atoms with Crippen LogP contribution in [0.3, 0.4) is 0 Å². The van der Waals surface area contributed by atoms with Crippen molar-refractivity contribution in [3.63, 3.8) is 0 Å². The summed E-state index contributed by atoms with van der Waals surface area (Å²) in [5.41, 5.74) is 0. The number of unbranched alkanes of at least 4 members (excludes halogenated alkanes) is 52. The largest absolute Gasteiger partial charge is 0.466 e. The SMILES string of the molecule is CCCCCCCCCCCCCC/C=C/C(O)C(CO)NC(=O)CCCCCCCCCCCCCCCCCCCCCCCCCCCCCCCCOC(=O)CCCCCCCCCCCCCC. The quantitative estimate of drug-likeness (QED) is 0.0320. The van der Waals surface area contributed by atoms with Crippen molar-refractivity contribution < 1.29 is 24.5 Å². The normalized spacial score (nSPS) is 12.5. The van der Waals surface area contributed by atoms with Crippen LogP contribution in [0.15, 0.2) is 12.2 Å². The maximum absolute atomic E-state index is 12.5. The molecule has 0 aromatic carbocycles. The van der Waals surface area contributed by atoms with Gasteiger partial charge in [0.05, 0.1) is 25.4 Å². The van der Waals surface area contributed by atoms with E-state index in [0.29, 0.717) is 19.4 Å². The molecule has 0 heterocycles. The predicted octanol–water partition coefficient (Wildman–Crippen LogP) is 21.2. The minimum Gasteiger partial charge on any atom is -0.466 e. The lowest BCUT2D eigenvalue weighted by Crippen LogP contribution is -2.45. The first-order chi connectivity index (χ1) is 36.0. The standard InChI is InChI=1S/C67H131NO5/c1-3-5-7-9-11-13-15-17-36-39-43-47-51-55-59-65(70)64(63-69)68-66(71)60-56-52-48-44-40-37-34-32-30-28-26-24-22-20-18-19-21-23-25-27-29-31-33-35-38-42-46-50-54-58-62-73-67(72)61-57-53-49-45-41-16-14-12-10-8-6-4-2/h55,59,64-65,69-70H,3-54,56-58,60-63H2,1-2H3,(H,68,71)/b59-55+. The lowest BCUT2D eigenvalue weighted by molar-refractivity contribution is -0.143. The number of rotatable bonds is 63. The molecule has 0 aliphatic rings. The molecule has 0 spiro atoms. The molecule has 2 atom stereocenters. The highest BCUT2D eigenvalue weighted by Crippen LogP contribution is 2.19. The summed E-state index contributed by atoms with van der Waals surface area (Å²) in [6.07, 6.45) is 77.1. The van der Waals surface area contributed by atoms with Gasteiger partial charge in [0, 0.05) is 12.8 Å². The van der Waals surface area contributed by atoms with Gasteiger partial charge in [-0.1, -0.05) is 347 Å². The summed E-state index contributed by atoms with van der Waals surface area (Å²) in [5.74, 6) is -0.0407. The van der Waals surface area contributed by atoms with Crippen LogP contribution >= 0.6 is 0 Å². The van der Waals surface area contributed by atoms with Crippen molar-refractivity contribution >= 4 is 11.9 Å². The molecular formula is C67H131NO5. The van der Waals surface area contributed by atoms with E-state index in [1.54, 1.807) is 6.08 Å². The summed E-state index contributed by atoms with van der Waals surface area (Å²) >= 11 is 0. The third-order valence-electron chi connectivity index (χ3n) is 15.8. The van der Waals surface area contributed by atoms with Gasteiger partial charge in [-0.2, -0.15) is 0 Å². The van der Waals surface area contributed by atoms with Crippen LogP contribution in [0.4, 0.5) is 0 Å². The lowest BCUT2D eigenvalue weighted by Gasteiger charge is -2.20. The van der Waals surface area contributed by atoms with E-state index in [2.05, 4.69) is 19.2 Å². The average Bonchev–Trinajstić information content (AvgIpc) is 3.39. The summed E-state index contributed by atoms with van der Waals surface area (Å²) in [4.78, 5) is 24.5. The number of aliphatic hydroxyl groups is 2. The van der Waals surface area contributed by atoms with E-state index in [1.165, 1.54) is 315 Å². The molecule has 0 aliphatic carbocycles. The van der Waals surface area contributed by atoms with Crippen molar-refractivity contribution in [1.82, 2.24) is 5.32 Å². The van der Waals surface area contributed by atoms with Gasteiger partial charge in [-0.3, -0.25) is 9.59 Å². The zero-order valence-electron chi connectivity index (χ0n) is 49.6. The average molecular weight is 1030 g/mol. The fourth-order valence-corrected chi connectivity index (χ4v) is 10.7. The topological polar surface area (TPSA) is 95.9 Å². The number of carbonyl (C=O) groups is 2. The summed E-state index contributed by atoms with van der Waals surface area (Å²) in [6, 6.07) is -0.623. The van der Waals surface area contributed by atoms with E-state index in [1.807, 2.05) is 6.08 Å². The molecule has 0 aromatic heterocycles. The second kappa shape index (κ2) is 63.1. The van der Waals surface area contributed by atoms with E-state index in [-0.39, 0.29) is 18.5 Å². The van der Waals surface area contributed by atoms with Crippen LogP contribution in [0.1, 0.15) is 380 Å². The molecular weight excluding hydrogens is 899 g/mol. The number of amides is 1. The number of carbonyl (C=O) groups excluding carboxylic acids is 2. The zero-order chi connectivity index (χ0) is 52.9. The van der Waals surface area contributed by atoms with Gasteiger partial charge in [0.2, 0.25) is 5.91 Å². The molecule has 0 aromatic rings. The van der Waals surface area contributed by atoms with Crippen molar-refractivity contribution in [2.75, 3.05) is 13.2 Å². The summed E-state index contributed by atoms with van der Waals surface area (Å²) in [7, 11) is 0. The molecule has 6 nitrogen and oxygen atoms in total. The summed E-state index contributed by atoms with van der Waals surface area (Å²) in [5, 5.41) is 23.1. The van der Waals surface area contributed by atoms with Crippen molar-refractivity contribution in [2.45, 2.75) is 392 Å². The molecule has 1 amide bonds. The maximum Gasteiger partial charge on any atom is 0.305 e. The zero-order valence-corrected chi connectivity index (χ0v) is 49.6. The fraction of sp³-hybridized carbons (Fsp3) is 0.940. The molecule has 434 valence electrons. The third kappa shape index (κ3) is 59.7. The lowest BCUT2D eigenvalue weighted by atomic mass is 10.0. The molecule has 0 radical (unpaired) electrons. The van der Waals surface area contributed by atoms with Crippen molar-refractivity contribution in [3.05, 3.63) is 12.2 Å². The highest BCUT2D eigenvalue weighted by molar-refractivity contribution is 5.76. The number of hydrogen-bond donors (Lipinski definition) is 3. The molecule has 73 heavy (non-hydrogen) atoms. The van der Waals surface area contributed by atoms with Crippen molar-refractivity contribution in [1.29, 1.82) is 0 Å². The van der Waals surface area contributed by atoms with Gasteiger partial charge in [0.1, 0.15) is 0 Å². The highest BCUT2D eigenvalue weighted by atomic mass is 16.5. The monoisotopic (exact) mass is 1030 g/mol. The number of allylic oxidation sites excluding steroid dienone is 1. The van der Waals surface area contributed by atoms with E-state index < -0.39 is 12.1 Å². The second-order valence-corrected chi connectivity index (χ2v) is 23.2. The maximum atomic E-state index is 12.5. The van der Waals surface area contributed by atoms with Gasteiger partial charge in [0.15, 0.2) is 0 Å². The van der Waals surface area contributed by atoms with Gasteiger partial charge in [-0.25, -0.2) is 0 Å². The minimum atomic E-state index is -0.840. The Morgan fingerprint density at radius 1 is 0.370 bits per heavy atom. The van der Waals surface area contributed by atoms with Crippen molar-refractivity contribution in [3.8, 4) is 0 Å². The molecule has 0 saturated heterocycles. The Morgan fingerprint density at radius 3 is 0.932 bits per heavy atom. The molecule has 0 aliphatic heterocycles. The Morgan fingerprint density at radius 2 is 0.630 bits per heavy atom. The Hall–Kier alpha value is -1.40. The molecule has 0 bridgehead atoms. The van der Waals surface area contributed by atoms with Crippen LogP contribution < -0.4 is 5.32 Å². The smallest absolute Gasteiger partial charge is 0.305 e. The number of nitrogens with one attached hydrogen (secondary N) is 1. The van der Waals surface area contributed by atoms with E-state index >= 15 is 0 Å². The number of aliphatic hydroxyl groups excluding tert-OH is 2. The number of esters is 1. The first kappa shape index (κ1) is 71.6. The van der Waals surface area contributed by atoms with E-state index in [0.717, 1.165) is 38.5 Å². The minimum absolute atomic E-state index is 0.0211. The summed E-state index contributed by atoms with van der Waals surface area (Å²) < 4.78 is 5.48. The van der Waals surface area contributed by atoms with Gasteiger partial charge in [0.25, 0.3) is 0 Å². The number of ether oxygens (including phenoxy) is 1. The molecule has 0 rings (SSSR count). The van der Waals surface area contributed by atoms with Gasteiger partial charge < -0.3 is 20.3 Å². The fourth-order valence-electron chi connectivity index (χ4n) is 10.7. The summed E-state index contributed by atoms with van der Waals surface area (Å²) in [6.45, 7) is 4.93. The Kier molecular flexibility index (Phi) is 61.9. The highest BCUT2D eigenvalue weighted by Gasteiger charge is 2.18. The van der Waals surface area contributed by atoms with Crippen LogP contribution in [0.5, 0.6) is 0 Å². The predicted molar refractivity (Wildman–Crippen MR) is 320 cm³/mol. The molecule has 6 heteroatoms. The Bertz CT molecular complexity index is 1100. The molecule has 3 N–H and O–H groups in total. The van der Waals surface area contributed by atoms with Gasteiger partial charge >= 0.3 is 5.97 Å². The van der Waals surface area contributed by atoms with Crippen LogP contribution in [0, 0.1) is 0 Å².